The van der Waals surface area contributed by atoms with Crippen LogP contribution in [0.5, 0.6) is 11.5 Å². The van der Waals surface area contributed by atoms with Crippen molar-refractivity contribution < 1.29 is 4.74 Å². The van der Waals surface area contributed by atoms with Gasteiger partial charge in [-0.25, -0.2) is 0 Å². The lowest BCUT2D eigenvalue weighted by molar-refractivity contribution is 0.484. The number of benzene rings is 2. The molecule has 2 N–H and O–H groups in total. The van der Waals surface area contributed by atoms with E-state index in [0.717, 1.165) is 5.56 Å². The molecule has 0 bridgehead atoms. The van der Waals surface area contributed by atoms with E-state index in [4.69, 9.17) is 27.6 Å². The van der Waals surface area contributed by atoms with Crippen LogP contribution in [0.3, 0.4) is 0 Å². The third-order valence-electron chi connectivity index (χ3n) is 2.76. The highest BCUT2D eigenvalue weighted by molar-refractivity contribution is 6.30. The first kappa shape index (κ1) is 14.1. The van der Waals surface area contributed by atoms with Crippen LogP contribution in [0.4, 0.5) is 5.69 Å². The van der Waals surface area contributed by atoms with Crippen LogP contribution >= 0.6 is 11.6 Å². The van der Waals surface area contributed by atoms with Crippen molar-refractivity contribution in [1.82, 2.24) is 0 Å². The van der Waals surface area contributed by atoms with Gasteiger partial charge in [-0.3, -0.25) is 0 Å². The molecule has 2 rings (SSSR count). The van der Waals surface area contributed by atoms with Gasteiger partial charge >= 0.3 is 0 Å². The standard InChI is InChI=1S/C14H13ClN4O/c1-9(18-19-17)10-3-2-4-12(7-10)20-14-6-5-11(15)8-13(14)16/h2-9H,16H2,1H3. The molecule has 0 spiro atoms. The first-order valence-electron chi connectivity index (χ1n) is 5.97. The molecular weight excluding hydrogens is 276 g/mol. The van der Waals surface area contributed by atoms with E-state index >= 15 is 0 Å². The number of rotatable bonds is 4. The Morgan fingerprint density at radius 2 is 2.10 bits per heavy atom. The molecule has 0 radical (unpaired) electrons. The van der Waals surface area contributed by atoms with Crippen LogP contribution in [0.1, 0.15) is 18.5 Å². The van der Waals surface area contributed by atoms with E-state index in [1.807, 2.05) is 25.1 Å². The van der Waals surface area contributed by atoms with Crippen LogP contribution in [0.25, 0.3) is 10.4 Å². The van der Waals surface area contributed by atoms with Gasteiger partial charge in [-0.2, -0.15) is 0 Å². The van der Waals surface area contributed by atoms with Crippen LogP contribution < -0.4 is 10.5 Å². The Morgan fingerprint density at radius 3 is 2.80 bits per heavy atom. The lowest BCUT2D eigenvalue weighted by Crippen LogP contribution is -1.93. The molecule has 0 saturated heterocycles. The summed E-state index contributed by atoms with van der Waals surface area (Å²) in [6.45, 7) is 1.81. The van der Waals surface area contributed by atoms with Gasteiger partial charge in [-0.05, 0) is 41.4 Å². The quantitative estimate of drug-likeness (QED) is 0.368. The molecule has 20 heavy (non-hydrogen) atoms. The lowest BCUT2D eigenvalue weighted by atomic mass is 10.1. The average Bonchev–Trinajstić information content (AvgIpc) is 2.43. The fraction of sp³-hybridized carbons (Fsp3) is 0.143. The van der Waals surface area contributed by atoms with Gasteiger partial charge in [0.1, 0.15) is 11.5 Å². The lowest BCUT2D eigenvalue weighted by Gasteiger charge is -2.11. The summed E-state index contributed by atoms with van der Waals surface area (Å²) >= 11 is 5.84. The van der Waals surface area contributed by atoms with Crippen molar-refractivity contribution in [3.8, 4) is 11.5 Å². The number of hydrogen-bond acceptors (Lipinski definition) is 3. The Balaban J connectivity index is 2.25. The summed E-state index contributed by atoms with van der Waals surface area (Å²) in [5.74, 6) is 1.15. The summed E-state index contributed by atoms with van der Waals surface area (Å²) < 4.78 is 5.71. The predicted molar refractivity (Wildman–Crippen MR) is 79.9 cm³/mol. The maximum Gasteiger partial charge on any atom is 0.150 e. The van der Waals surface area contributed by atoms with E-state index in [1.165, 1.54) is 0 Å². The molecule has 6 heteroatoms. The third kappa shape index (κ3) is 3.35. The van der Waals surface area contributed by atoms with Crippen LogP contribution in [0.2, 0.25) is 5.02 Å². The third-order valence-corrected chi connectivity index (χ3v) is 3.00. The number of anilines is 1. The van der Waals surface area contributed by atoms with Crippen molar-refractivity contribution in [1.29, 1.82) is 0 Å². The van der Waals surface area contributed by atoms with Crippen molar-refractivity contribution in [3.63, 3.8) is 0 Å². The van der Waals surface area contributed by atoms with E-state index in [9.17, 15) is 0 Å². The van der Waals surface area contributed by atoms with Gasteiger partial charge < -0.3 is 10.5 Å². The first-order chi connectivity index (χ1) is 9.60. The zero-order valence-corrected chi connectivity index (χ0v) is 11.6. The Bertz CT molecular complexity index is 668. The fourth-order valence-corrected chi connectivity index (χ4v) is 1.90. The highest BCUT2D eigenvalue weighted by Crippen LogP contribution is 2.31. The highest BCUT2D eigenvalue weighted by Gasteiger charge is 2.06. The number of azide groups is 1. The van der Waals surface area contributed by atoms with E-state index in [0.29, 0.717) is 22.2 Å². The molecule has 1 atom stereocenters. The maximum atomic E-state index is 8.46. The summed E-state index contributed by atoms with van der Waals surface area (Å²) in [4.78, 5) is 2.80. The molecule has 0 aromatic heterocycles. The van der Waals surface area contributed by atoms with Gasteiger partial charge in [0, 0.05) is 9.93 Å². The molecule has 0 aliphatic carbocycles. The molecule has 0 amide bonds. The van der Waals surface area contributed by atoms with Crippen LogP contribution in [0.15, 0.2) is 47.6 Å². The second-order valence-corrected chi connectivity index (χ2v) is 4.67. The molecule has 0 aliphatic heterocycles. The second kappa shape index (κ2) is 6.19. The minimum Gasteiger partial charge on any atom is -0.455 e. The van der Waals surface area contributed by atoms with E-state index in [2.05, 4.69) is 10.0 Å². The summed E-state index contributed by atoms with van der Waals surface area (Å²) in [5.41, 5.74) is 15.6. The Labute approximate surface area is 121 Å². The van der Waals surface area contributed by atoms with Crippen molar-refractivity contribution in [2.24, 2.45) is 5.11 Å². The van der Waals surface area contributed by atoms with Gasteiger partial charge in [-0.15, -0.1) is 0 Å². The average molecular weight is 289 g/mol. The van der Waals surface area contributed by atoms with Gasteiger partial charge in [0.05, 0.1) is 11.7 Å². The molecule has 2 aromatic carbocycles. The van der Waals surface area contributed by atoms with Crippen molar-refractivity contribution >= 4 is 17.3 Å². The number of hydrogen-bond donors (Lipinski definition) is 1. The second-order valence-electron chi connectivity index (χ2n) is 4.24. The number of halogens is 1. The highest BCUT2D eigenvalue weighted by atomic mass is 35.5. The Morgan fingerprint density at radius 1 is 1.30 bits per heavy atom. The van der Waals surface area contributed by atoms with Gasteiger partial charge in [-0.1, -0.05) is 35.8 Å². The molecular formula is C14H13ClN4O. The number of nitrogens with zero attached hydrogens (tertiary/aromatic N) is 3. The molecule has 0 saturated carbocycles. The van der Waals surface area contributed by atoms with Crippen LogP contribution in [-0.4, -0.2) is 0 Å². The normalized spacial score (nSPS) is 11.5. The van der Waals surface area contributed by atoms with Crippen LogP contribution in [0, 0.1) is 0 Å². The predicted octanol–water partition coefficient (Wildman–Crippen LogP) is 5.09. The fourth-order valence-electron chi connectivity index (χ4n) is 1.72. The zero-order valence-electron chi connectivity index (χ0n) is 10.8. The van der Waals surface area contributed by atoms with E-state index < -0.39 is 0 Å². The van der Waals surface area contributed by atoms with Crippen molar-refractivity contribution in [2.75, 3.05) is 5.73 Å². The van der Waals surface area contributed by atoms with Crippen molar-refractivity contribution in [2.45, 2.75) is 13.0 Å². The summed E-state index contributed by atoms with van der Waals surface area (Å²) in [5, 5.41) is 4.21. The zero-order chi connectivity index (χ0) is 14.5. The Hall–Kier alpha value is -2.36. The molecule has 0 heterocycles. The SMILES string of the molecule is CC(N=[N+]=[N-])c1cccc(Oc2ccc(Cl)cc2N)c1. The largest absolute Gasteiger partial charge is 0.455 e. The minimum absolute atomic E-state index is 0.258. The topological polar surface area (TPSA) is 84.0 Å². The summed E-state index contributed by atoms with van der Waals surface area (Å²) in [6, 6.07) is 12.1. The number of ether oxygens (including phenoxy) is 1. The molecule has 5 nitrogen and oxygen atoms in total. The first-order valence-corrected chi connectivity index (χ1v) is 6.35. The Kier molecular flexibility index (Phi) is 4.35. The molecule has 1 unspecified atom stereocenters. The summed E-state index contributed by atoms with van der Waals surface area (Å²) in [6.07, 6.45) is 0. The monoisotopic (exact) mass is 288 g/mol. The minimum atomic E-state index is -0.258. The van der Waals surface area contributed by atoms with Gasteiger partial charge in [0.15, 0.2) is 0 Å². The van der Waals surface area contributed by atoms with Crippen molar-refractivity contribution in [3.05, 3.63) is 63.5 Å². The maximum absolute atomic E-state index is 8.46. The van der Waals surface area contributed by atoms with E-state index in [-0.39, 0.29) is 6.04 Å². The van der Waals surface area contributed by atoms with E-state index in [1.54, 1.807) is 24.3 Å². The molecule has 2 aromatic rings. The number of nitrogen functional groups attached to an aromatic ring is 1. The molecule has 0 aliphatic rings. The molecule has 0 fully saturated rings. The van der Waals surface area contributed by atoms with Crippen LogP contribution in [-0.2, 0) is 0 Å². The van der Waals surface area contributed by atoms with Gasteiger partial charge in [0.2, 0.25) is 0 Å². The smallest absolute Gasteiger partial charge is 0.150 e. The number of nitrogens with two attached hydrogens (primary N) is 1. The molecule has 102 valence electrons. The summed E-state index contributed by atoms with van der Waals surface area (Å²) in [7, 11) is 0. The van der Waals surface area contributed by atoms with Gasteiger partial charge in [0.25, 0.3) is 0 Å².